The zero-order valence-electron chi connectivity index (χ0n) is 12.5. The summed E-state index contributed by atoms with van der Waals surface area (Å²) in [5, 5.41) is 9.57. The predicted molar refractivity (Wildman–Crippen MR) is 83.9 cm³/mol. The Labute approximate surface area is 133 Å². The van der Waals surface area contributed by atoms with Crippen LogP contribution in [0.15, 0.2) is 55.1 Å². The number of carboxylic acid groups (broad SMARTS) is 1. The lowest BCUT2D eigenvalue weighted by Crippen LogP contribution is -2.45. The molecule has 2 bridgehead atoms. The SMILES string of the molecule is C=CCC1N(c2ccccc2)C(=O)[C@@H]2[C@H](C(=O)O)[C@H]3C=C[C@@]12O3. The van der Waals surface area contributed by atoms with Crippen LogP contribution in [0.4, 0.5) is 5.69 Å². The molecule has 4 rings (SSSR count). The third kappa shape index (κ3) is 1.71. The molecule has 3 heterocycles. The van der Waals surface area contributed by atoms with E-state index in [9.17, 15) is 14.7 Å². The quantitative estimate of drug-likeness (QED) is 0.864. The Bertz CT molecular complexity index is 713. The molecule has 1 unspecified atom stereocenters. The molecule has 0 saturated carbocycles. The maximum atomic E-state index is 13.1. The van der Waals surface area contributed by atoms with Gasteiger partial charge in [0, 0.05) is 5.69 Å². The number of rotatable bonds is 4. The van der Waals surface area contributed by atoms with E-state index < -0.39 is 29.5 Å². The predicted octanol–water partition coefficient (Wildman–Crippen LogP) is 2.00. The summed E-state index contributed by atoms with van der Waals surface area (Å²) in [5.74, 6) is -2.66. The molecule has 2 fully saturated rings. The molecule has 2 saturated heterocycles. The first-order valence-corrected chi connectivity index (χ1v) is 7.69. The van der Waals surface area contributed by atoms with E-state index >= 15 is 0 Å². The van der Waals surface area contributed by atoms with E-state index in [-0.39, 0.29) is 11.9 Å². The number of carboxylic acids is 1. The number of hydrogen-bond donors (Lipinski definition) is 1. The monoisotopic (exact) mass is 311 g/mol. The molecule has 23 heavy (non-hydrogen) atoms. The van der Waals surface area contributed by atoms with Gasteiger partial charge in [-0.2, -0.15) is 0 Å². The number of fused-ring (bicyclic) bond motifs is 1. The normalized spacial score (nSPS) is 37.2. The van der Waals surface area contributed by atoms with Gasteiger partial charge in [0.1, 0.15) is 11.5 Å². The average Bonchev–Trinajstić information content (AvgIpc) is 3.18. The Hall–Kier alpha value is -2.40. The fourth-order valence-corrected chi connectivity index (χ4v) is 4.27. The van der Waals surface area contributed by atoms with E-state index in [0.29, 0.717) is 6.42 Å². The van der Waals surface area contributed by atoms with E-state index in [1.165, 1.54) is 0 Å². The van der Waals surface area contributed by atoms with Gasteiger partial charge in [-0.25, -0.2) is 0 Å². The molecule has 3 aliphatic heterocycles. The minimum atomic E-state index is -0.980. The Balaban J connectivity index is 1.85. The average molecular weight is 311 g/mol. The Morgan fingerprint density at radius 1 is 1.39 bits per heavy atom. The van der Waals surface area contributed by atoms with Gasteiger partial charge in [-0.3, -0.25) is 9.59 Å². The zero-order valence-corrected chi connectivity index (χ0v) is 12.5. The number of ether oxygens (including phenoxy) is 1. The smallest absolute Gasteiger partial charge is 0.310 e. The van der Waals surface area contributed by atoms with E-state index in [1.807, 2.05) is 36.4 Å². The fraction of sp³-hybridized carbons (Fsp3) is 0.333. The van der Waals surface area contributed by atoms with Crippen LogP contribution in [-0.2, 0) is 14.3 Å². The van der Waals surface area contributed by atoms with Gasteiger partial charge in [0.2, 0.25) is 5.91 Å². The van der Waals surface area contributed by atoms with Gasteiger partial charge in [0.05, 0.1) is 18.1 Å². The van der Waals surface area contributed by atoms with E-state index in [4.69, 9.17) is 4.74 Å². The molecule has 0 aliphatic carbocycles. The van der Waals surface area contributed by atoms with Crippen LogP contribution >= 0.6 is 0 Å². The molecule has 1 N–H and O–H groups in total. The first-order chi connectivity index (χ1) is 11.1. The zero-order chi connectivity index (χ0) is 16.2. The van der Waals surface area contributed by atoms with Crippen molar-refractivity contribution in [2.45, 2.75) is 24.2 Å². The highest BCUT2D eigenvalue weighted by Crippen LogP contribution is 2.56. The second kappa shape index (κ2) is 4.80. The fourth-order valence-electron chi connectivity index (χ4n) is 4.27. The van der Waals surface area contributed by atoms with Crippen LogP contribution in [0.25, 0.3) is 0 Å². The molecular weight excluding hydrogens is 294 g/mol. The lowest BCUT2D eigenvalue weighted by Gasteiger charge is -2.32. The van der Waals surface area contributed by atoms with Crippen LogP contribution in [0.3, 0.4) is 0 Å². The summed E-state index contributed by atoms with van der Waals surface area (Å²) < 4.78 is 6.04. The summed E-state index contributed by atoms with van der Waals surface area (Å²) in [5.41, 5.74) is -0.104. The van der Waals surface area contributed by atoms with Crippen molar-refractivity contribution in [1.29, 1.82) is 0 Å². The summed E-state index contributed by atoms with van der Waals surface area (Å²) in [7, 11) is 0. The molecule has 1 amide bonds. The van der Waals surface area contributed by atoms with Gasteiger partial charge >= 0.3 is 5.97 Å². The number of anilines is 1. The number of carbonyl (C=O) groups is 2. The van der Waals surface area contributed by atoms with Gasteiger partial charge < -0.3 is 14.7 Å². The van der Waals surface area contributed by atoms with Crippen molar-refractivity contribution in [3.63, 3.8) is 0 Å². The summed E-state index contributed by atoms with van der Waals surface area (Å²) in [6.45, 7) is 3.79. The standard InChI is InChI=1S/C18H17NO4/c1-2-6-13-18-10-9-12(23-18)14(17(21)22)15(18)16(20)19(13)11-7-4-3-5-8-11/h2-5,7-10,12-15H,1,6H2,(H,21,22)/t12-,13?,14-,15+,18-/m1/s1. The Morgan fingerprint density at radius 2 is 2.13 bits per heavy atom. The third-order valence-electron chi connectivity index (χ3n) is 5.13. The van der Waals surface area contributed by atoms with Crippen molar-refractivity contribution < 1.29 is 19.4 Å². The molecule has 3 aliphatic rings. The molecule has 0 radical (unpaired) electrons. The van der Waals surface area contributed by atoms with Crippen LogP contribution < -0.4 is 4.90 Å². The number of para-hydroxylation sites is 1. The number of aliphatic carboxylic acids is 1. The van der Waals surface area contributed by atoms with Gasteiger partial charge in [-0.1, -0.05) is 36.4 Å². The number of carbonyl (C=O) groups excluding carboxylic acids is 1. The number of amides is 1. The van der Waals surface area contributed by atoms with E-state index in [2.05, 4.69) is 6.58 Å². The lowest BCUT2D eigenvalue weighted by atomic mass is 9.74. The summed E-state index contributed by atoms with van der Waals surface area (Å²) in [4.78, 5) is 26.5. The van der Waals surface area contributed by atoms with Gasteiger partial charge in [-0.15, -0.1) is 6.58 Å². The second-order valence-electron chi connectivity index (χ2n) is 6.22. The summed E-state index contributed by atoms with van der Waals surface area (Å²) in [6, 6.07) is 9.05. The van der Waals surface area contributed by atoms with Crippen LogP contribution in [0, 0.1) is 11.8 Å². The van der Waals surface area contributed by atoms with Crippen LogP contribution in [0.5, 0.6) is 0 Å². The number of benzene rings is 1. The third-order valence-corrected chi connectivity index (χ3v) is 5.13. The van der Waals surface area contributed by atoms with Crippen molar-refractivity contribution in [3.8, 4) is 0 Å². The van der Waals surface area contributed by atoms with Crippen molar-refractivity contribution in [2.24, 2.45) is 11.8 Å². The largest absolute Gasteiger partial charge is 0.481 e. The minimum Gasteiger partial charge on any atom is -0.481 e. The van der Waals surface area contributed by atoms with Crippen molar-refractivity contribution in [1.82, 2.24) is 0 Å². The van der Waals surface area contributed by atoms with Crippen molar-refractivity contribution in [3.05, 3.63) is 55.1 Å². The Morgan fingerprint density at radius 3 is 2.78 bits per heavy atom. The Kier molecular flexibility index (Phi) is 2.96. The topological polar surface area (TPSA) is 66.8 Å². The first kappa shape index (κ1) is 14.2. The number of hydrogen-bond acceptors (Lipinski definition) is 3. The van der Waals surface area contributed by atoms with Crippen molar-refractivity contribution in [2.75, 3.05) is 4.90 Å². The number of nitrogens with zero attached hydrogens (tertiary/aromatic N) is 1. The molecule has 118 valence electrons. The summed E-state index contributed by atoms with van der Waals surface area (Å²) in [6.07, 6.45) is 5.44. The van der Waals surface area contributed by atoms with Crippen LogP contribution in [0.1, 0.15) is 6.42 Å². The molecule has 1 spiro atoms. The second-order valence-corrected chi connectivity index (χ2v) is 6.22. The first-order valence-electron chi connectivity index (χ1n) is 7.69. The molecule has 1 aromatic carbocycles. The molecular formula is C18H17NO4. The molecule has 5 atom stereocenters. The van der Waals surface area contributed by atoms with Crippen LogP contribution in [0.2, 0.25) is 0 Å². The lowest BCUT2D eigenvalue weighted by molar-refractivity contribution is -0.146. The van der Waals surface area contributed by atoms with E-state index in [1.54, 1.807) is 17.1 Å². The van der Waals surface area contributed by atoms with Crippen molar-refractivity contribution >= 4 is 17.6 Å². The van der Waals surface area contributed by atoms with Gasteiger partial charge in [-0.05, 0) is 18.6 Å². The highest BCUT2D eigenvalue weighted by molar-refractivity contribution is 6.03. The van der Waals surface area contributed by atoms with Gasteiger partial charge in [0.15, 0.2) is 0 Å². The summed E-state index contributed by atoms with van der Waals surface area (Å²) >= 11 is 0. The molecule has 0 aromatic heterocycles. The molecule has 5 nitrogen and oxygen atoms in total. The highest BCUT2D eigenvalue weighted by atomic mass is 16.5. The van der Waals surface area contributed by atoms with Gasteiger partial charge in [0.25, 0.3) is 0 Å². The maximum Gasteiger partial charge on any atom is 0.310 e. The van der Waals surface area contributed by atoms with E-state index in [0.717, 1.165) is 5.69 Å². The minimum absolute atomic E-state index is 0.178. The molecule has 1 aromatic rings. The highest BCUT2D eigenvalue weighted by Gasteiger charge is 2.71. The van der Waals surface area contributed by atoms with Crippen LogP contribution in [-0.4, -0.2) is 34.7 Å². The maximum absolute atomic E-state index is 13.1. The molecule has 5 heteroatoms.